The van der Waals surface area contributed by atoms with Crippen LogP contribution < -0.4 is 5.73 Å². The third-order valence-corrected chi connectivity index (χ3v) is 3.52. The molecule has 0 aliphatic heterocycles. The minimum absolute atomic E-state index is 0.0966. The average Bonchev–Trinajstić information content (AvgIpc) is 3.18. The lowest BCUT2D eigenvalue weighted by Gasteiger charge is -2.25. The number of anilines is 1. The van der Waals surface area contributed by atoms with E-state index >= 15 is 0 Å². The molecule has 0 saturated heterocycles. The maximum absolute atomic E-state index is 12.5. The van der Waals surface area contributed by atoms with Crippen molar-refractivity contribution in [2.45, 2.75) is 45.1 Å². The summed E-state index contributed by atoms with van der Waals surface area (Å²) < 4.78 is 0. The van der Waals surface area contributed by atoms with Gasteiger partial charge in [0.25, 0.3) is 0 Å². The fourth-order valence-corrected chi connectivity index (χ4v) is 2.32. The van der Waals surface area contributed by atoms with E-state index in [-0.39, 0.29) is 11.8 Å². The van der Waals surface area contributed by atoms with Crippen molar-refractivity contribution in [3.8, 4) is 0 Å². The summed E-state index contributed by atoms with van der Waals surface area (Å²) in [6.07, 6.45) is 3.34. The SMILES string of the molecule is CCCN(C(=O)C(C)c1cccc(N)c1)C1CC1. The summed E-state index contributed by atoms with van der Waals surface area (Å²) in [4.78, 5) is 14.6. The van der Waals surface area contributed by atoms with Gasteiger partial charge in [0.2, 0.25) is 5.91 Å². The third-order valence-electron chi connectivity index (χ3n) is 3.52. The predicted molar refractivity (Wildman–Crippen MR) is 74.3 cm³/mol. The number of carbonyl (C=O) groups is 1. The first-order valence-corrected chi connectivity index (χ1v) is 6.79. The Balaban J connectivity index is 2.11. The van der Waals surface area contributed by atoms with Crippen molar-refractivity contribution < 1.29 is 4.79 Å². The van der Waals surface area contributed by atoms with Gasteiger partial charge >= 0.3 is 0 Å². The molecular weight excluding hydrogens is 224 g/mol. The molecule has 0 bridgehead atoms. The Morgan fingerprint density at radius 3 is 2.78 bits per heavy atom. The highest BCUT2D eigenvalue weighted by Gasteiger charge is 2.34. The Morgan fingerprint density at radius 1 is 1.50 bits per heavy atom. The van der Waals surface area contributed by atoms with Gasteiger partial charge < -0.3 is 10.6 Å². The van der Waals surface area contributed by atoms with Crippen LogP contribution in [0.15, 0.2) is 24.3 Å². The van der Waals surface area contributed by atoms with Gasteiger partial charge in [0.15, 0.2) is 0 Å². The summed E-state index contributed by atoms with van der Waals surface area (Å²) in [7, 11) is 0. The molecule has 1 fully saturated rings. The first-order chi connectivity index (χ1) is 8.63. The number of hydrogen-bond acceptors (Lipinski definition) is 2. The molecule has 1 unspecified atom stereocenters. The maximum Gasteiger partial charge on any atom is 0.230 e. The van der Waals surface area contributed by atoms with E-state index in [1.807, 2.05) is 36.1 Å². The lowest BCUT2D eigenvalue weighted by Crippen LogP contribution is -2.36. The van der Waals surface area contributed by atoms with E-state index in [0.29, 0.717) is 6.04 Å². The van der Waals surface area contributed by atoms with Gasteiger partial charge in [0, 0.05) is 18.3 Å². The Kier molecular flexibility index (Phi) is 3.90. The highest BCUT2D eigenvalue weighted by Crippen LogP contribution is 2.30. The molecule has 1 saturated carbocycles. The van der Waals surface area contributed by atoms with Crippen LogP contribution in [0.5, 0.6) is 0 Å². The Morgan fingerprint density at radius 2 is 2.22 bits per heavy atom. The van der Waals surface area contributed by atoms with E-state index in [1.165, 1.54) is 0 Å². The summed E-state index contributed by atoms with van der Waals surface area (Å²) in [5.41, 5.74) is 7.52. The largest absolute Gasteiger partial charge is 0.399 e. The van der Waals surface area contributed by atoms with Gasteiger partial charge in [-0.2, -0.15) is 0 Å². The third kappa shape index (κ3) is 2.84. The Hall–Kier alpha value is -1.51. The molecule has 1 aromatic carbocycles. The zero-order valence-corrected chi connectivity index (χ0v) is 11.2. The summed E-state index contributed by atoms with van der Waals surface area (Å²) in [5, 5.41) is 0. The van der Waals surface area contributed by atoms with Gasteiger partial charge in [-0.15, -0.1) is 0 Å². The highest BCUT2D eigenvalue weighted by molar-refractivity contribution is 5.84. The fraction of sp³-hybridized carbons (Fsp3) is 0.533. The molecule has 1 aromatic rings. The molecule has 1 amide bonds. The zero-order chi connectivity index (χ0) is 13.1. The van der Waals surface area contributed by atoms with Crippen LogP contribution in [0.2, 0.25) is 0 Å². The number of benzene rings is 1. The predicted octanol–water partition coefficient (Wildman–Crippen LogP) is 2.77. The number of amides is 1. The second kappa shape index (κ2) is 5.42. The molecule has 98 valence electrons. The molecule has 0 spiro atoms. The molecule has 1 atom stereocenters. The van der Waals surface area contributed by atoms with Crippen LogP contribution in [0.1, 0.15) is 44.6 Å². The van der Waals surface area contributed by atoms with E-state index in [0.717, 1.165) is 37.1 Å². The second-order valence-electron chi connectivity index (χ2n) is 5.15. The van der Waals surface area contributed by atoms with Crippen LogP contribution in [0.3, 0.4) is 0 Å². The molecule has 0 aromatic heterocycles. The van der Waals surface area contributed by atoms with Crippen molar-refractivity contribution in [1.82, 2.24) is 4.90 Å². The van der Waals surface area contributed by atoms with Crippen LogP contribution in [0.25, 0.3) is 0 Å². The average molecular weight is 246 g/mol. The van der Waals surface area contributed by atoms with E-state index in [9.17, 15) is 4.79 Å². The minimum Gasteiger partial charge on any atom is -0.399 e. The summed E-state index contributed by atoms with van der Waals surface area (Å²) in [6.45, 7) is 4.96. The quantitative estimate of drug-likeness (QED) is 0.812. The molecule has 3 heteroatoms. The number of nitrogens with zero attached hydrogens (tertiary/aromatic N) is 1. The first kappa shape index (κ1) is 12.9. The van der Waals surface area contributed by atoms with E-state index in [1.54, 1.807) is 0 Å². The topological polar surface area (TPSA) is 46.3 Å². The van der Waals surface area contributed by atoms with Gasteiger partial charge in [0.1, 0.15) is 0 Å². The molecule has 18 heavy (non-hydrogen) atoms. The van der Waals surface area contributed by atoms with Crippen LogP contribution in [-0.4, -0.2) is 23.4 Å². The van der Waals surface area contributed by atoms with Gasteiger partial charge in [-0.1, -0.05) is 19.1 Å². The number of hydrogen-bond donors (Lipinski definition) is 1. The monoisotopic (exact) mass is 246 g/mol. The van der Waals surface area contributed by atoms with Gasteiger partial charge in [-0.05, 0) is 43.9 Å². The zero-order valence-electron chi connectivity index (χ0n) is 11.2. The lowest BCUT2D eigenvalue weighted by atomic mass is 9.99. The molecular formula is C15H22N2O. The number of nitrogen functional groups attached to an aromatic ring is 1. The van der Waals surface area contributed by atoms with Crippen molar-refractivity contribution in [2.75, 3.05) is 12.3 Å². The first-order valence-electron chi connectivity index (χ1n) is 6.79. The van der Waals surface area contributed by atoms with Gasteiger partial charge in [0.05, 0.1) is 5.92 Å². The number of nitrogens with two attached hydrogens (primary N) is 1. The van der Waals surface area contributed by atoms with Crippen molar-refractivity contribution in [2.24, 2.45) is 0 Å². The molecule has 2 N–H and O–H groups in total. The maximum atomic E-state index is 12.5. The standard InChI is InChI=1S/C15H22N2O/c1-3-9-17(14-7-8-14)15(18)11(2)12-5-4-6-13(16)10-12/h4-6,10-11,14H,3,7-9,16H2,1-2H3. The van der Waals surface area contributed by atoms with Gasteiger partial charge in [-0.25, -0.2) is 0 Å². The summed E-state index contributed by atoms with van der Waals surface area (Å²) >= 11 is 0. The highest BCUT2D eigenvalue weighted by atomic mass is 16.2. The van der Waals surface area contributed by atoms with E-state index < -0.39 is 0 Å². The van der Waals surface area contributed by atoms with E-state index in [4.69, 9.17) is 5.73 Å². The smallest absolute Gasteiger partial charge is 0.230 e. The molecule has 3 nitrogen and oxygen atoms in total. The van der Waals surface area contributed by atoms with Crippen LogP contribution >= 0.6 is 0 Å². The molecule has 0 radical (unpaired) electrons. The number of rotatable bonds is 5. The van der Waals surface area contributed by atoms with Crippen molar-refractivity contribution in [1.29, 1.82) is 0 Å². The normalized spacial score (nSPS) is 16.3. The van der Waals surface area contributed by atoms with Crippen molar-refractivity contribution in [3.05, 3.63) is 29.8 Å². The molecule has 1 aliphatic rings. The molecule has 0 heterocycles. The van der Waals surface area contributed by atoms with Crippen LogP contribution in [-0.2, 0) is 4.79 Å². The van der Waals surface area contributed by atoms with Crippen LogP contribution in [0.4, 0.5) is 5.69 Å². The number of carbonyl (C=O) groups excluding carboxylic acids is 1. The lowest BCUT2D eigenvalue weighted by molar-refractivity contribution is -0.133. The van der Waals surface area contributed by atoms with Crippen LogP contribution in [0, 0.1) is 0 Å². The van der Waals surface area contributed by atoms with E-state index in [2.05, 4.69) is 6.92 Å². The fourth-order valence-electron chi connectivity index (χ4n) is 2.32. The van der Waals surface area contributed by atoms with Gasteiger partial charge in [-0.3, -0.25) is 4.79 Å². The van der Waals surface area contributed by atoms with Crippen molar-refractivity contribution >= 4 is 11.6 Å². The summed E-state index contributed by atoms with van der Waals surface area (Å²) in [5.74, 6) is 0.144. The molecule has 1 aliphatic carbocycles. The summed E-state index contributed by atoms with van der Waals surface area (Å²) in [6, 6.07) is 8.14. The molecule has 2 rings (SSSR count). The Labute approximate surface area is 109 Å². The van der Waals surface area contributed by atoms with Crippen molar-refractivity contribution in [3.63, 3.8) is 0 Å². The minimum atomic E-state index is -0.0966. The Bertz CT molecular complexity index is 426. The second-order valence-corrected chi connectivity index (χ2v) is 5.15.